The second kappa shape index (κ2) is 16.9. The molecule has 0 saturated heterocycles. The van der Waals surface area contributed by atoms with Gasteiger partial charge in [0.05, 0.1) is 19.4 Å². The molecule has 0 fully saturated rings. The van der Waals surface area contributed by atoms with Gasteiger partial charge in [-0.25, -0.2) is 0 Å². The van der Waals surface area contributed by atoms with Gasteiger partial charge in [0.2, 0.25) is 0 Å². The first-order valence-corrected chi connectivity index (χ1v) is 32.9. The Bertz CT molecular complexity index is 3770. The molecule has 0 saturated carbocycles. The van der Waals surface area contributed by atoms with E-state index in [0.29, 0.717) is 0 Å². The van der Waals surface area contributed by atoms with Gasteiger partial charge in [0.25, 0.3) is 6.71 Å². The molecule has 0 amide bonds. The van der Waals surface area contributed by atoms with E-state index >= 15 is 0 Å². The number of para-hydroxylation sites is 1. The van der Waals surface area contributed by atoms with Crippen molar-refractivity contribution < 1.29 is 4.42 Å². The number of aryl methyl sites for hydroxylation is 1. The van der Waals surface area contributed by atoms with Gasteiger partial charge in [-0.3, -0.25) is 0 Å². The van der Waals surface area contributed by atoms with Gasteiger partial charge in [-0.15, -0.1) is 0 Å². The third-order valence-electron chi connectivity index (χ3n) is 20.2. The highest BCUT2D eigenvalue weighted by atomic mass is 28.3. The molecule has 398 valence electrons. The zero-order valence-electron chi connectivity index (χ0n) is 49.8. The number of nitrogens with zero attached hydrogens (tertiary/aromatic N) is 3. The molecule has 6 heteroatoms. The van der Waals surface area contributed by atoms with Crippen molar-refractivity contribution in [2.75, 3.05) is 14.7 Å². The van der Waals surface area contributed by atoms with Crippen LogP contribution in [0.25, 0.3) is 11.0 Å². The van der Waals surface area contributed by atoms with E-state index in [0.717, 1.165) is 54.0 Å². The minimum atomic E-state index is -1.54. The maximum Gasteiger partial charge on any atom is 0.297 e. The number of benzene rings is 7. The van der Waals surface area contributed by atoms with E-state index in [1.807, 2.05) is 0 Å². The van der Waals surface area contributed by atoms with E-state index in [1.165, 1.54) is 107 Å². The van der Waals surface area contributed by atoms with E-state index in [2.05, 4.69) is 258 Å². The summed E-state index contributed by atoms with van der Waals surface area (Å²) in [6.45, 7) is 38.9. The summed E-state index contributed by atoms with van der Waals surface area (Å²) in [6.07, 6.45) is 6.96. The molecule has 0 radical (unpaired) electrons. The van der Waals surface area contributed by atoms with Gasteiger partial charge in [0.15, 0.2) is 0 Å². The Kier molecular flexibility index (Phi) is 11.1. The van der Waals surface area contributed by atoms with Crippen LogP contribution in [0.15, 0.2) is 138 Å². The number of rotatable bonds is 6. The Labute approximate surface area is 468 Å². The van der Waals surface area contributed by atoms with E-state index in [-0.39, 0.29) is 39.2 Å². The van der Waals surface area contributed by atoms with E-state index < -0.39 is 8.07 Å². The Morgan fingerprint density at radius 2 is 0.910 bits per heavy atom. The van der Waals surface area contributed by atoms with E-state index in [9.17, 15) is 0 Å². The van der Waals surface area contributed by atoms with Crippen LogP contribution in [-0.4, -0.2) is 14.8 Å². The lowest BCUT2D eigenvalue weighted by atomic mass is 9.35. The summed E-state index contributed by atoms with van der Waals surface area (Å²) in [7, 11) is -1.54. The number of anilines is 9. The first-order chi connectivity index (χ1) is 36.7. The predicted octanol–water partition coefficient (Wildman–Crippen LogP) is 17.9. The van der Waals surface area contributed by atoms with Crippen molar-refractivity contribution in [2.45, 2.75) is 181 Å². The summed E-state index contributed by atoms with van der Waals surface area (Å²) in [5.74, 6) is 0. The first-order valence-electron chi connectivity index (χ1n) is 29.4. The zero-order chi connectivity index (χ0) is 55.0. The first kappa shape index (κ1) is 51.2. The maximum absolute atomic E-state index is 7.75. The Balaban J connectivity index is 1.12. The normalized spacial score (nSPS) is 19.5. The molecule has 78 heavy (non-hydrogen) atoms. The fourth-order valence-electron chi connectivity index (χ4n) is 14.9. The standard InChI is InChI=1S/C72H82BN3OSi/c1-45-38-61-64-62(39-45)76(49-25-30-54-56(41-49)70(8,9)35-33-68(54,4)5)65-52-43-57-58(72(12,13)37-36-71(57,10)11)44-63(52)77-66(65)73(64)59-31-26-50(74(46-20-18-17-19-21-46)47-22-27-51(28-23-47)78(14,15)16)42-60(59)75(61)48-24-29-53-55(40-48)69(6,7)34-32-67(53,2)3/h17-31,38-44H,32-37H2,1-16H3. The smallest absolute Gasteiger partial charge is 0.297 e. The number of furan rings is 1. The SMILES string of the molecule is Cc1cc2c3c(c1)N(c1ccc4c(c1)C(C)(C)CCC4(C)C)c1c(oc4cc5c(cc14)C(C)(C)CCC5(C)C)B3c1ccc(N(c3ccccc3)c3ccc([Si](C)(C)C)cc3)cc1N2c1ccc2c(c1)C(C)(C)CCC2(C)C. The fourth-order valence-corrected chi connectivity index (χ4v) is 16.1. The van der Waals surface area contributed by atoms with Crippen LogP contribution >= 0.6 is 0 Å². The fraction of sp³-hybridized carbons (Fsp3) is 0.389. The molecule has 1 aromatic heterocycles. The Morgan fingerprint density at radius 1 is 0.449 bits per heavy atom. The molecule has 13 rings (SSSR count). The third kappa shape index (κ3) is 7.79. The van der Waals surface area contributed by atoms with Crippen molar-refractivity contribution in [1.82, 2.24) is 0 Å². The highest BCUT2D eigenvalue weighted by Crippen LogP contribution is 2.55. The van der Waals surface area contributed by atoms with Crippen LogP contribution in [0.2, 0.25) is 19.6 Å². The van der Waals surface area contributed by atoms with Crippen LogP contribution < -0.4 is 36.5 Å². The van der Waals surface area contributed by atoms with Gasteiger partial charge < -0.3 is 19.1 Å². The van der Waals surface area contributed by atoms with E-state index in [4.69, 9.17) is 4.42 Å². The molecular formula is C72H82BN3OSi. The Hall–Kier alpha value is -6.24. The van der Waals surface area contributed by atoms with Crippen molar-refractivity contribution in [2.24, 2.45) is 0 Å². The highest BCUT2D eigenvalue weighted by molar-refractivity contribution is 7.00. The summed E-state index contributed by atoms with van der Waals surface area (Å²) < 4.78 is 7.75. The minimum absolute atomic E-state index is 0.0262. The van der Waals surface area contributed by atoms with Crippen LogP contribution in [-0.2, 0) is 32.5 Å². The number of hydrogen-bond acceptors (Lipinski definition) is 4. The molecule has 0 spiro atoms. The lowest BCUT2D eigenvalue weighted by Crippen LogP contribution is -2.61. The molecule has 3 aliphatic carbocycles. The van der Waals surface area contributed by atoms with Crippen molar-refractivity contribution in [3.63, 3.8) is 0 Å². The second-order valence-corrected chi connectivity index (χ2v) is 34.6. The van der Waals surface area contributed by atoms with Gasteiger partial charge >= 0.3 is 0 Å². The van der Waals surface area contributed by atoms with Crippen LogP contribution in [0.3, 0.4) is 0 Å². The molecule has 8 aromatic rings. The average molecular weight is 1040 g/mol. The molecule has 0 unspecified atom stereocenters. The van der Waals surface area contributed by atoms with Crippen LogP contribution in [0.4, 0.5) is 51.2 Å². The predicted molar refractivity (Wildman–Crippen MR) is 338 cm³/mol. The van der Waals surface area contributed by atoms with Crippen LogP contribution in [0.1, 0.15) is 161 Å². The molecule has 0 bridgehead atoms. The van der Waals surface area contributed by atoms with Crippen LogP contribution in [0, 0.1) is 6.92 Å². The van der Waals surface area contributed by atoms with Gasteiger partial charge in [-0.2, -0.15) is 0 Å². The summed E-state index contributed by atoms with van der Waals surface area (Å²) in [5, 5.41) is 2.67. The molecular weight excluding hydrogens is 962 g/mol. The lowest BCUT2D eigenvalue weighted by Gasteiger charge is -2.45. The Morgan fingerprint density at radius 3 is 1.45 bits per heavy atom. The third-order valence-corrected chi connectivity index (χ3v) is 22.3. The molecule has 2 aliphatic heterocycles. The van der Waals surface area contributed by atoms with E-state index in [1.54, 1.807) is 0 Å². The average Bonchev–Trinajstić information content (AvgIpc) is 2.44. The number of fused-ring (bicyclic) bond motifs is 9. The van der Waals surface area contributed by atoms with Gasteiger partial charge in [-0.1, -0.05) is 156 Å². The summed E-state index contributed by atoms with van der Waals surface area (Å²) in [4.78, 5) is 7.75. The second-order valence-electron chi connectivity index (χ2n) is 29.5. The molecule has 0 N–H and O–H groups in total. The summed E-state index contributed by atoms with van der Waals surface area (Å²) in [6, 6.07) is 52.7. The topological polar surface area (TPSA) is 22.9 Å². The van der Waals surface area contributed by atoms with Gasteiger partial charge in [-0.05, 0) is 213 Å². The minimum Gasteiger partial charge on any atom is -0.468 e. The zero-order valence-corrected chi connectivity index (χ0v) is 50.8. The largest absolute Gasteiger partial charge is 0.468 e. The van der Waals surface area contributed by atoms with Crippen molar-refractivity contribution in [3.05, 3.63) is 172 Å². The molecule has 5 aliphatic rings. The van der Waals surface area contributed by atoms with Gasteiger partial charge in [0.1, 0.15) is 5.58 Å². The summed E-state index contributed by atoms with van der Waals surface area (Å²) in [5.41, 5.74) is 25.5. The molecule has 0 atom stereocenters. The van der Waals surface area contributed by atoms with Gasteiger partial charge in [0, 0.05) is 50.9 Å². The number of hydrogen-bond donors (Lipinski definition) is 0. The maximum atomic E-state index is 7.75. The monoisotopic (exact) mass is 1040 g/mol. The van der Waals surface area contributed by atoms with Crippen LogP contribution in [0.5, 0.6) is 0 Å². The van der Waals surface area contributed by atoms with Crippen molar-refractivity contribution >= 4 is 98.7 Å². The quantitative estimate of drug-likeness (QED) is 0.155. The molecule has 4 nitrogen and oxygen atoms in total. The summed E-state index contributed by atoms with van der Waals surface area (Å²) >= 11 is 0. The molecule has 3 heterocycles. The van der Waals surface area contributed by atoms with Crippen molar-refractivity contribution in [3.8, 4) is 0 Å². The van der Waals surface area contributed by atoms with Crippen molar-refractivity contribution in [1.29, 1.82) is 0 Å². The molecule has 7 aromatic carbocycles. The lowest BCUT2D eigenvalue weighted by molar-refractivity contribution is 0.332. The highest BCUT2D eigenvalue weighted by Gasteiger charge is 2.49.